The fourth-order valence-corrected chi connectivity index (χ4v) is 5.95. The first kappa shape index (κ1) is 35.0. The van der Waals surface area contributed by atoms with E-state index in [1.807, 2.05) is 0 Å². The molecule has 2 heterocycles. The summed E-state index contributed by atoms with van der Waals surface area (Å²) in [7, 11) is 1.57. The number of hydrogen-bond donors (Lipinski definition) is 12. The molecule has 0 bridgehead atoms. The number of carbonyl (C=O) groups is 1. The molecule has 2 unspecified atom stereocenters. The lowest BCUT2D eigenvalue weighted by molar-refractivity contribution is -0.297. The predicted molar refractivity (Wildman–Crippen MR) is 149 cm³/mol. The number of aliphatic hydroxyl groups excluding tert-OH is 5. The monoisotopic (exact) mass is 606 g/mol. The third kappa shape index (κ3) is 8.35. The van der Waals surface area contributed by atoms with Crippen molar-refractivity contribution < 1.29 is 49.6 Å². The van der Waals surface area contributed by atoms with Crippen LogP contribution in [0.2, 0.25) is 0 Å². The van der Waals surface area contributed by atoms with E-state index in [9.17, 15) is 30.3 Å². The number of rotatable bonds is 13. The van der Waals surface area contributed by atoms with Gasteiger partial charge in [0.25, 0.3) is 0 Å². The lowest BCUT2D eigenvalue weighted by Crippen LogP contribution is -2.69. The fraction of sp³-hybridized carbons (Fsp3) is 0.885. The minimum atomic E-state index is -1.41. The molecule has 13 atom stereocenters. The second-order valence-electron chi connectivity index (χ2n) is 11.7. The Morgan fingerprint density at radius 3 is 2.60 bits per heavy atom. The fourth-order valence-electron chi connectivity index (χ4n) is 5.95. The van der Waals surface area contributed by atoms with Crippen LogP contribution in [0.1, 0.15) is 26.2 Å². The van der Waals surface area contributed by atoms with Crippen LogP contribution in [0.4, 0.5) is 0 Å². The van der Waals surface area contributed by atoms with E-state index < -0.39 is 91.1 Å². The summed E-state index contributed by atoms with van der Waals surface area (Å²) in [6.45, 7) is 1.39. The summed E-state index contributed by atoms with van der Waals surface area (Å²) in [5.41, 5.74) is 17.1. The summed E-state index contributed by atoms with van der Waals surface area (Å²) in [6.07, 6.45) is -5.90. The van der Waals surface area contributed by atoms with Crippen LogP contribution < -0.4 is 33.2 Å². The zero-order valence-electron chi connectivity index (χ0n) is 24.2. The van der Waals surface area contributed by atoms with Crippen LogP contribution in [0, 0.1) is 5.92 Å². The van der Waals surface area contributed by atoms with E-state index in [0.29, 0.717) is 12.2 Å². The number of carbonyl (C=O) groups excluding carboxylic acids is 1. The molecule has 1 saturated heterocycles. The van der Waals surface area contributed by atoms with E-state index in [0.717, 1.165) is 0 Å². The highest BCUT2D eigenvalue weighted by Gasteiger charge is 2.53. The number of hydrogen-bond acceptors (Lipinski definition) is 15. The van der Waals surface area contributed by atoms with Crippen molar-refractivity contribution in [2.75, 3.05) is 39.9 Å². The molecule has 244 valence electrons. The summed E-state index contributed by atoms with van der Waals surface area (Å²) in [5.74, 6) is -0.970. The molecule has 3 aliphatic rings. The van der Waals surface area contributed by atoms with Crippen molar-refractivity contribution in [1.82, 2.24) is 16.0 Å². The van der Waals surface area contributed by atoms with Crippen LogP contribution >= 0.6 is 0 Å². The van der Waals surface area contributed by atoms with E-state index in [1.165, 1.54) is 6.92 Å². The maximum Gasteiger partial charge on any atom is 0.249 e. The van der Waals surface area contributed by atoms with Crippen molar-refractivity contribution in [3.63, 3.8) is 0 Å². The third-order valence-corrected chi connectivity index (χ3v) is 8.25. The van der Waals surface area contributed by atoms with Crippen LogP contribution in [0.5, 0.6) is 0 Å². The van der Waals surface area contributed by atoms with E-state index in [1.54, 1.807) is 13.1 Å². The Morgan fingerprint density at radius 1 is 1.24 bits per heavy atom. The number of ether oxygens (including phenoxy) is 3. The van der Waals surface area contributed by atoms with Crippen molar-refractivity contribution in [3.05, 3.63) is 11.8 Å². The Hall–Kier alpha value is -1.51. The van der Waals surface area contributed by atoms with Crippen LogP contribution in [-0.4, -0.2) is 149 Å². The summed E-state index contributed by atoms with van der Waals surface area (Å²) in [6, 6.07) is -2.98. The first-order valence-corrected chi connectivity index (χ1v) is 14.4. The topological polar surface area (TPSA) is 280 Å². The number of aliphatic hydroxyl groups is 6. The van der Waals surface area contributed by atoms with Crippen molar-refractivity contribution in [3.8, 4) is 0 Å². The van der Waals surface area contributed by atoms with Gasteiger partial charge in [-0.25, -0.2) is 0 Å². The Morgan fingerprint density at radius 2 is 1.95 bits per heavy atom. The van der Waals surface area contributed by atoms with Gasteiger partial charge in [-0.3, -0.25) is 4.79 Å². The average molecular weight is 607 g/mol. The van der Waals surface area contributed by atoms with Crippen molar-refractivity contribution >= 4 is 5.91 Å². The van der Waals surface area contributed by atoms with E-state index in [4.69, 9.17) is 36.5 Å². The van der Waals surface area contributed by atoms with Gasteiger partial charge >= 0.3 is 0 Å². The van der Waals surface area contributed by atoms with Gasteiger partial charge in [0, 0.05) is 24.5 Å². The molecule has 0 aromatic rings. The van der Waals surface area contributed by atoms with Crippen LogP contribution in [-0.2, 0) is 19.0 Å². The normalized spacial score (nSPS) is 40.5. The summed E-state index contributed by atoms with van der Waals surface area (Å²) >= 11 is 0. The molecule has 0 spiro atoms. The average Bonchev–Trinajstić information content (AvgIpc) is 2.93. The summed E-state index contributed by atoms with van der Waals surface area (Å²) in [5, 5.41) is 70.7. The molecule has 0 aromatic carbocycles. The Kier molecular flexibility index (Phi) is 12.9. The lowest BCUT2D eigenvalue weighted by Gasteiger charge is -2.50. The predicted octanol–water partition coefficient (Wildman–Crippen LogP) is -5.73. The van der Waals surface area contributed by atoms with Gasteiger partial charge < -0.3 is 78.0 Å². The standard InChI is InChI=1S/C26H50N6O10/c1-26(39)11-40-25(20(37)23(26)30-2)42-22-16(32-24(38)17(35)5-6-27)7-15(29)18(19(22)36)21-14(28)4-3-13(41-21)9-31-8-12(34)10-33/h3,12,14-23,25,30-31,33-37,39H,4-11,27-29H2,1-2H3,(H,32,38)/t12?,14-,15+,16-,17-,18?,19+,20-,21+,22+,23-,25-,26+/m1/s1. The highest BCUT2D eigenvalue weighted by Crippen LogP contribution is 2.36. The molecule has 0 radical (unpaired) electrons. The number of nitrogens with two attached hydrogens (primary N) is 3. The van der Waals surface area contributed by atoms with E-state index in [-0.39, 0.29) is 39.1 Å². The highest BCUT2D eigenvalue weighted by molar-refractivity contribution is 5.80. The van der Waals surface area contributed by atoms with E-state index >= 15 is 0 Å². The SMILES string of the molecule is CN[C@@H]1[C@@H](O)[C@@H](O[C@H]2[C@H](NC(=O)[C@H](O)CCN)C[C@H](N)C([C@H]3OC(CNCC(O)CO)=CC[C@H]3N)[C@@H]2O)OC[C@]1(C)O. The minimum Gasteiger partial charge on any atom is -0.492 e. The largest absolute Gasteiger partial charge is 0.492 e. The number of likely N-dealkylation sites (N-methyl/N-ethyl adjacent to an activating group) is 1. The molecule has 1 amide bonds. The maximum atomic E-state index is 12.7. The van der Waals surface area contributed by atoms with Crippen LogP contribution in [0.15, 0.2) is 11.8 Å². The molecule has 2 fully saturated rings. The molecular formula is C26H50N6O10. The molecule has 3 rings (SSSR count). The van der Waals surface area contributed by atoms with Crippen LogP contribution in [0.25, 0.3) is 0 Å². The van der Waals surface area contributed by atoms with Gasteiger partial charge in [0.1, 0.15) is 35.8 Å². The van der Waals surface area contributed by atoms with Gasteiger partial charge in [0.05, 0.1) is 44.1 Å². The number of nitrogens with one attached hydrogen (secondary N) is 3. The van der Waals surface area contributed by atoms with Gasteiger partial charge in [-0.15, -0.1) is 0 Å². The molecule has 1 aliphatic carbocycles. The van der Waals surface area contributed by atoms with E-state index in [2.05, 4.69) is 16.0 Å². The van der Waals surface area contributed by atoms with Crippen molar-refractivity contribution in [2.24, 2.45) is 23.1 Å². The van der Waals surface area contributed by atoms with Gasteiger partial charge in [-0.2, -0.15) is 0 Å². The van der Waals surface area contributed by atoms with Crippen molar-refractivity contribution in [2.45, 2.75) is 98.9 Å². The second-order valence-corrected chi connectivity index (χ2v) is 11.7. The van der Waals surface area contributed by atoms with Gasteiger partial charge in [-0.1, -0.05) is 0 Å². The summed E-state index contributed by atoms with van der Waals surface area (Å²) in [4.78, 5) is 12.7. The Labute approximate surface area is 245 Å². The minimum absolute atomic E-state index is 0.0218. The molecule has 15 N–H and O–H groups in total. The molecule has 42 heavy (non-hydrogen) atoms. The quantitative estimate of drug-likeness (QED) is 0.0930. The lowest BCUT2D eigenvalue weighted by atomic mass is 9.72. The van der Waals surface area contributed by atoms with Gasteiger partial charge in [0.15, 0.2) is 6.29 Å². The molecule has 16 heteroatoms. The number of amides is 1. The second kappa shape index (κ2) is 15.5. The zero-order valence-corrected chi connectivity index (χ0v) is 24.2. The van der Waals surface area contributed by atoms with Gasteiger partial charge in [-0.05, 0) is 45.9 Å². The Balaban J connectivity index is 1.82. The smallest absolute Gasteiger partial charge is 0.249 e. The molecule has 0 aromatic heterocycles. The molecular weight excluding hydrogens is 556 g/mol. The third-order valence-electron chi connectivity index (χ3n) is 8.25. The molecule has 1 saturated carbocycles. The molecule has 2 aliphatic heterocycles. The highest BCUT2D eigenvalue weighted by atomic mass is 16.7. The zero-order chi connectivity index (χ0) is 31.2. The molecule has 16 nitrogen and oxygen atoms in total. The Bertz CT molecular complexity index is 900. The first-order valence-electron chi connectivity index (χ1n) is 14.4. The maximum absolute atomic E-state index is 12.7. The summed E-state index contributed by atoms with van der Waals surface area (Å²) < 4.78 is 18.0. The van der Waals surface area contributed by atoms with Crippen LogP contribution in [0.3, 0.4) is 0 Å². The van der Waals surface area contributed by atoms with Gasteiger partial charge in [0.2, 0.25) is 5.91 Å². The van der Waals surface area contributed by atoms with Crippen molar-refractivity contribution in [1.29, 1.82) is 0 Å². The first-order chi connectivity index (χ1) is 19.8.